The van der Waals surface area contributed by atoms with E-state index in [0.29, 0.717) is 22.8 Å². The normalized spacial score (nSPS) is 44.9. The second-order valence-electron chi connectivity index (χ2n) is 13.6. The molecule has 1 aliphatic heterocycles. The molecule has 4 aliphatic rings. The molecule has 1 amide bonds. The minimum absolute atomic E-state index is 0.347. The predicted molar refractivity (Wildman–Crippen MR) is 135 cm³/mol. The molecule has 3 aliphatic carbocycles. The monoisotopic (exact) mass is 443 g/mol. The quantitative estimate of drug-likeness (QED) is 0.391. The predicted octanol–water partition coefficient (Wildman–Crippen LogP) is 7.95. The van der Waals surface area contributed by atoms with Crippen LogP contribution in [0.4, 0.5) is 0 Å². The van der Waals surface area contributed by atoms with Crippen molar-refractivity contribution < 1.29 is 4.79 Å². The summed E-state index contributed by atoms with van der Waals surface area (Å²) in [6, 6.07) is 0.484. The summed E-state index contributed by atoms with van der Waals surface area (Å²) >= 11 is 0. The zero-order valence-electron chi connectivity index (χ0n) is 22.5. The molecule has 7 unspecified atom stereocenters. The van der Waals surface area contributed by atoms with Gasteiger partial charge in [-0.3, -0.25) is 4.79 Å². The Morgan fingerprint density at radius 1 is 1.00 bits per heavy atom. The smallest absolute Gasteiger partial charge is 0.222 e. The Morgan fingerprint density at radius 3 is 2.41 bits per heavy atom. The fourth-order valence-corrected chi connectivity index (χ4v) is 9.97. The molecule has 0 spiro atoms. The van der Waals surface area contributed by atoms with Gasteiger partial charge in [0.25, 0.3) is 0 Å². The average molecular weight is 444 g/mol. The molecule has 184 valence electrons. The molecule has 2 nitrogen and oxygen atoms in total. The lowest BCUT2D eigenvalue weighted by atomic mass is 9.43. The van der Waals surface area contributed by atoms with Gasteiger partial charge in [-0.05, 0) is 90.8 Å². The third-order valence-electron chi connectivity index (χ3n) is 11.6. The van der Waals surface area contributed by atoms with E-state index in [9.17, 15) is 4.79 Å². The van der Waals surface area contributed by atoms with Crippen molar-refractivity contribution in [2.75, 3.05) is 7.05 Å². The van der Waals surface area contributed by atoms with Gasteiger partial charge in [0.05, 0.1) is 0 Å². The zero-order valence-corrected chi connectivity index (χ0v) is 22.5. The van der Waals surface area contributed by atoms with Crippen LogP contribution >= 0.6 is 0 Å². The molecule has 0 aromatic rings. The third kappa shape index (κ3) is 3.98. The van der Waals surface area contributed by atoms with Gasteiger partial charge in [0.2, 0.25) is 5.91 Å². The Morgan fingerprint density at radius 2 is 1.72 bits per heavy atom. The van der Waals surface area contributed by atoms with Gasteiger partial charge >= 0.3 is 0 Å². The van der Waals surface area contributed by atoms with Gasteiger partial charge in [0.1, 0.15) is 0 Å². The first kappa shape index (κ1) is 24.6. The lowest BCUT2D eigenvalue weighted by Crippen LogP contribution is -2.63. The van der Waals surface area contributed by atoms with Gasteiger partial charge in [0, 0.05) is 19.5 Å². The Balaban J connectivity index is 1.57. The average Bonchev–Trinajstić information content (AvgIpc) is 3.09. The van der Waals surface area contributed by atoms with Crippen LogP contribution in [-0.4, -0.2) is 23.9 Å². The first-order chi connectivity index (χ1) is 15.1. The number of amides is 1. The lowest BCUT2D eigenvalue weighted by Gasteiger charge is -2.64. The SMILES string of the molecule is CCCC1CC2N(C)C(=O)CC[C@]2(C)C2CC[C@]3(C)C(C(C)CCCC(C)C)CCC3C12. The van der Waals surface area contributed by atoms with Crippen LogP contribution in [0.15, 0.2) is 0 Å². The number of hydrogen-bond acceptors (Lipinski definition) is 1. The second kappa shape index (κ2) is 9.26. The first-order valence-corrected chi connectivity index (χ1v) is 14.4. The van der Waals surface area contributed by atoms with E-state index in [1.807, 2.05) is 0 Å². The molecule has 9 atom stereocenters. The van der Waals surface area contributed by atoms with Crippen molar-refractivity contribution in [1.29, 1.82) is 0 Å². The van der Waals surface area contributed by atoms with Crippen molar-refractivity contribution in [1.82, 2.24) is 4.90 Å². The highest BCUT2D eigenvalue weighted by atomic mass is 16.2. The van der Waals surface area contributed by atoms with Gasteiger partial charge in [-0.15, -0.1) is 0 Å². The summed E-state index contributed by atoms with van der Waals surface area (Å²) < 4.78 is 0. The molecule has 1 heterocycles. The van der Waals surface area contributed by atoms with Crippen molar-refractivity contribution in [3.05, 3.63) is 0 Å². The third-order valence-corrected chi connectivity index (χ3v) is 11.6. The molecular formula is C30H53NO. The summed E-state index contributed by atoms with van der Waals surface area (Å²) in [5.74, 6) is 6.56. The standard InChI is InChI=1S/C30H53NO/c1-8-10-22-19-26-30(6,18-16-27(32)31(26)7)25-15-17-29(5)23(13-14-24(29)28(22)25)21(4)12-9-11-20(2)3/h20-26,28H,8-19H2,1-7H3/t21?,22?,23?,24?,25?,26?,28?,29-,30-/m1/s1. The van der Waals surface area contributed by atoms with E-state index in [1.54, 1.807) is 0 Å². The largest absolute Gasteiger partial charge is 0.342 e. The fourth-order valence-electron chi connectivity index (χ4n) is 9.97. The molecule has 4 rings (SSSR count). The van der Waals surface area contributed by atoms with Crippen molar-refractivity contribution in [3.8, 4) is 0 Å². The van der Waals surface area contributed by atoms with Crippen molar-refractivity contribution in [2.24, 2.45) is 52.3 Å². The summed E-state index contributed by atoms with van der Waals surface area (Å²) in [5, 5.41) is 0. The van der Waals surface area contributed by atoms with Crippen LogP contribution in [-0.2, 0) is 4.79 Å². The molecule has 0 radical (unpaired) electrons. The van der Waals surface area contributed by atoms with Gasteiger partial charge < -0.3 is 4.90 Å². The van der Waals surface area contributed by atoms with Gasteiger partial charge in [-0.1, -0.05) is 73.6 Å². The Hall–Kier alpha value is -0.530. The number of fused-ring (bicyclic) bond motifs is 5. The highest BCUT2D eigenvalue weighted by Crippen LogP contribution is 2.68. The maximum atomic E-state index is 12.6. The van der Waals surface area contributed by atoms with E-state index in [0.717, 1.165) is 54.3 Å². The molecule has 0 aromatic heterocycles. The van der Waals surface area contributed by atoms with Crippen LogP contribution in [0, 0.1) is 52.3 Å². The Kier molecular flexibility index (Phi) is 7.11. The van der Waals surface area contributed by atoms with Crippen LogP contribution in [0.5, 0.6) is 0 Å². The van der Waals surface area contributed by atoms with E-state index < -0.39 is 0 Å². The van der Waals surface area contributed by atoms with Crippen LogP contribution in [0.1, 0.15) is 119 Å². The minimum Gasteiger partial charge on any atom is -0.342 e. The first-order valence-electron chi connectivity index (χ1n) is 14.4. The molecule has 4 fully saturated rings. The van der Waals surface area contributed by atoms with Gasteiger partial charge in [-0.2, -0.15) is 0 Å². The van der Waals surface area contributed by atoms with E-state index in [1.165, 1.54) is 64.2 Å². The number of piperidine rings is 1. The summed E-state index contributed by atoms with van der Waals surface area (Å²) in [6.45, 7) is 15.0. The summed E-state index contributed by atoms with van der Waals surface area (Å²) in [4.78, 5) is 14.8. The van der Waals surface area contributed by atoms with Crippen LogP contribution in [0.2, 0.25) is 0 Å². The van der Waals surface area contributed by atoms with Crippen molar-refractivity contribution in [2.45, 2.75) is 125 Å². The molecular weight excluding hydrogens is 390 g/mol. The summed E-state index contributed by atoms with van der Waals surface area (Å²) in [5.41, 5.74) is 0.907. The Labute approximate surface area is 199 Å². The van der Waals surface area contributed by atoms with E-state index in [4.69, 9.17) is 0 Å². The molecule has 2 heteroatoms. The number of hydrogen-bond donors (Lipinski definition) is 0. The van der Waals surface area contributed by atoms with E-state index >= 15 is 0 Å². The molecule has 0 N–H and O–H groups in total. The maximum Gasteiger partial charge on any atom is 0.222 e. The fraction of sp³-hybridized carbons (Fsp3) is 0.967. The molecule has 1 saturated heterocycles. The second-order valence-corrected chi connectivity index (χ2v) is 13.6. The van der Waals surface area contributed by atoms with Crippen molar-refractivity contribution in [3.63, 3.8) is 0 Å². The number of likely N-dealkylation sites (tertiary alicyclic amines) is 1. The summed E-state index contributed by atoms with van der Waals surface area (Å²) in [7, 11) is 2.12. The Bertz CT molecular complexity index is 672. The van der Waals surface area contributed by atoms with Gasteiger partial charge in [-0.25, -0.2) is 0 Å². The van der Waals surface area contributed by atoms with Crippen LogP contribution in [0.25, 0.3) is 0 Å². The van der Waals surface area contributed by atoms with Crippen LogP contribution < -0.4 is 0 Å². The number of carbonyl (C=O) groups excluding carboxylic acids is 1. The highest BCUT2D eigenvalue weighted by Gasteiger charge is 2.63. The van der Waals surface area contributed by atoms with Crippen molar-refractivity contribution >= 4 is 5.91 Å². The number of rotatable bonds is 7. The van der Waals surface area contributed by atoms with E-state index in [2.05, 4.69) is 53.5 Å². The molecule has 32 heavy (non-hydrogen) atoms. The minimum atomic E-state index is 0.347. The zero-order chi connectivity index (χ0) is 23.3. The topological polar surface area (TPSA) is 20.3 Å². The molecule has 0 bridgehead atoms. The number of carbonyl (C=O) groups is 1. The van der Waals surface area contributed by atoms with Crippen LogP contribution in [0.3, 0.4) is 0 Å². The number of nitrogens with zero attached hydrogens (tertiary/aromatic N) is 1. The van der Waals surface area contributed by atoms with Gasteiger partial charge in [0.15, 0.2) is 0 Å². The molecule has 0 aromatic carbocycles. The molecule has 3 saturated carbocycles. The van der Waals surface area contributed by atoms with E-state index in [-0.39, 0.29) is 0 Å². The summed E-state index contributed by atoms with van der Waals surface area (Å²) in [6.07, 6.45) is 15.9. The maximum absolute atomic E-state index is 12.6. The highest BCUT2D eigenvalue weighted by molar-refractivity contribution is 5.77. The lowest BCUT2D eigenvalue weighted by molar-refractivity contribution is -0.169.